The van der Waals surface area contributed by atoms with Crippen LogP contribution in [0.25, 0.3) is 0 Å². The van der Waals surface area contributed by atoms with E-state index < -0.39 is 0 Å². The van der Waals surface area contributed by atoms with Gasteiger partial charge in [0.05, 0.1) is 0 Å². The first-order chi connectivity index (χ1) is 1.73. The van der Waals surface area contributed by atoms with Gasteiger partial charge in [0.2, 0.25) is 0 Å². The average Bonchev–Trinajstić information content (AvgIpc) is 0.811. The van der Waals surface area contributed by atoms with E-state index in [0.717, 1.165) is 0 Å². The molecule has 0 aromatic heterocycles. The summed E-state index contributed by atoms with van der Waals surface area (Å²) < 4.78 is 0. The smallest absolute Gasteiger partial charge is 0.0483 e. The molecule has 0 rings (SSSR count). The molecule has 5 heavy (non-hydrogen) atoms. The maximum atomic E-state index is 8.06. The van der Waals surface area contributed by atoms with Gasteiger partial charge in [-0.25, -0.2) is 0 Å². The van der Waals surface area contributed by atoms with Crippen molar-refractivity contribution < 1.29 is 21.6 Å². The van der Waals surface area contributed by atoms with Crippen molar-refractivity contribution >= 4 is 0 Å². The van der Waals surface area contributed by atoms with Gasteiger partial charge < -0.3 is 5.11 Å². The zero-order valence-corrected chi connectivity index (χ0v) is 4.33. The van der Waals surface area contributed by atoms with Crippen molar-refractivity contribution in [3.05, 3.63) is 0 Å². The summed E-state index contributed by atoms with van der Waals surface area (Å²) in [6.45, 7) is 3.44. The fraction of sp³-hybridized carbons (Fsp3) is 1.00. The molecule has 0 fully saturated rings. The Morgan fingerprint density at radius 1 is 1.40 bits per heavy atom. The first-order valence-electron chi connectivity index (χ1n) is 1.41. The van der Waals surface area contributed by atoms with Crippen LogP contribution in [0.2, 0.25) is 0 Å². The van der Waals surface area contributed by atoms with Crippen LogP contribution >= 0.6 is 0 Å². The summed E-state index contributed by atoms with van der Waals surface area (Å²) in [6.07, 6.45) is -0.167. The van der Waals surface area contributed by atoms with Gasteiger partial charge in [-0.1, -0.05) is 0 Å². The minimum absolute atomic E-state index is 0. The minimum Gasteiger partial charge on any atom is -0.394 e. The molecule has 0 radical (unpaired) electrons. The van der Waals surface area contributed by atoms with Crippen LogP contribution in [-0.2, 0) is 16.5 Å². The van der Waals surface area contributed by atoms with Crippen LogP contribution in [0.15, 0.2) is 0 Å². The van der Waals surface area contributed by atoms with Crippen molar-refractivity contribution in [2.24, 2.45) is 0 Å². The van der Waals surface area contributed by atoms with Crippen LogP contribution in [0.4, 0.5) is 0 Å². The van der Waals surface area contributed by atoms with Crippen molar-refractivity contribution in [3.8, 4) is 0 Å². The normalized spacial score (nSPS) is 7.20. The summed E-state index contributed by atoms with van der Waals surface area (Å²) in [7, 11) is 0. The van der Waals surface area contributed by atoms with Gasteiger partial charge in [0.25, 0.3) is 0 Å². The van der Waals surface area contributed by atoms with Gasteiger partial charge in [-0.15, -0.1) is 0 Å². The van der Waals surface area contributed by atoms with E-state index in [-0.39, 0.29) is 22.6 Å². The molecule has 0 aromatic rings. The number of aliphatic hydroxyl groups excluding tert-OH is 1. The van der Waals surface area contributed by atoms with Gasteiger partial charge in [0.1, 0.15) is 0 Å². The summed E-state index contributed by atoms with van der Waals surface area (Å²) in [5.74, 6) is 0. The van der Waals surface area contributed by atoms with Gasteiger partial charge in [0.15, 0.2) is 0 Å². The maximum Gasteiger partial charge on any atom is 0.0483 e. The molecule has 0 aromatic carbocycles. The molecule has 0 heterocycles. The predicted molar refractivity (Wildman–Crippen MR) is 17.4 cm³/mol. The summed E-state index contributed by atoms with van der Waals surface area (Å²) in [4.78, 5) is 0. The van der Waals surface area contributed by atoms with E-state index in [1.54, 1.807) is 13.8 Å². The van der Waals surface area contributed by atoms with Gasteiger partial charge in [-0.2, -0.15) is 0 Å². The Morgan fingerprint density at radius 2 is 1.40 bits per heavy atom. The molecule has 0 aliphatic rings. The van der Waals surface area contributed by atoms with Crippen molar-refractivity contribution in [2.75, 3.05) is 0 Å². The van der Waals surface area contributed by atoms with E-state index in [2.05, 4.69) is 0 Å². The van der Waals surface area contributed by atoms with Crippen molar-refractivity contribution in [2.45, 2.75) is 20.0 Å². The Hall–Kier alpha value is 0.454. The molecule has 1 N–H and O–H groups in total. The quantitative estimate of drug-likeness (QED) is 0.457. The van der Waals surface area contributed by atoms with E-state index >= 15 is 0 Å². The maximum absolute atomic E-state index is 8.06. The Kier molecular flexibility index (Phi) is 8.08. The summed E-state index contributed by atoms with van der Waals surface area (Å²) in [6, 6.07) is 0. The molecular weight excluding hydrogens is 111 g/mol. The number of hydrogen-bond acceptors (Lipinski definition) is 1. The predicted octanol–water partition coefficient (Wildman–Crippen LogP) is 0.385. The Balaban J connectivity index is 0. The third kappa shape index (κ3) is 130. The largest absolute Gasteiger partial charge is 0.394 e. The van der Waals surface area contributed by atoms with Gasteiger partial charge in [-0.3, -0.25) is 0 Å². The average molecular weight is 119 g/mol. The molecule has 0 amide bonds. The van der Waals surface area contributed by atoms with Crippen LogP contribution in [0.3, 0.4) is 0 Å². The van der Waals surface area contributed by atoms with Crippen molar-refractivity contribution in [1.82, 2.24) is 0 Å². The summed E-state index contributed by atoms with van der Waals surface area (Å²) >= 11 is 0. The molecule has 0 atom stereocenters. The molecule has 2 heteroatoms. The Labute approximate surface area is 42.3 Å². The Bertz CT molecular complexity index is 11.6. The second-order valence-electron chi connectivity index (χ2n) is 1.09. The molecule has 0 unspecified atom stereocenters. The molecule has 0 saturated carbocycles. The third-order valence-electron chi connectivity index (χ3n) is 0. The first kappa shape index (κ1) is 9.07. The molecule has 0 spiro atoms. The van der Waals surface area contributed by atoms with E-state index in [1.165, 1.54) is 0 Å². The van der Waals surface area contributed by atoms with Gasteiger partial charge >= 0.3 is 0 Å². The molecule has 0 aliphatic heterocycles. The molecular formula is C3H8NiO. The molecule has 0 aliphatic carbocycles. The standard InChI is InChI=1S/C3H8O.Ni/c1-3(2)4;/h3-4H,1-2H3;. The van der Waals surface area contributed by atoms with Gasteiger partial charge in [0, 0.05) is 22.6 Å². The van der Waals surface area contributed by atoms with E-state index in [1.807, 2.05) is 0 Å². The van der Waals surface area contributed by atoms with Crippen LogP contribution in [-0.4, -0.2) is 11.2 Å². The van der Waals surface area contributed by atoms with Gasteiger partial charge in [-0.05, 0) is 13.8 Å². The Morgan fingerprint density at radius 3 is 1.40 bits per heavy atom. The van der Waals surface area contributed by atoms with E-state index in [0.29, 0.717) is 0 Å². The fourth-order valence-electron chi connectivity index (χ4n) is 0. The number of aliphatic hydroxyl groups is 1. The molecule has 0 bridgehead atoms. The summed E-state index contributed by atoms with van der Waals surface area (Å²) in [5, 5.41) is 8.06. The van der Waals surface area contributed by atoms with Crippen LogP contribution in [0, 0.1) is 0 Å². The van der Waals surface area contributed by atoms with E-state index in [9.17, 15) is 0 Å². The van der Waals surface area contributed by atoms with Crippen LogP contribution in [0.1, 0.15) is 13.8 Å². The van der Waals surface area contributed by atoms with Crippen molar-refractivity contribution in [3.63, 3.8) is 0 Å². The fourth-order valence-corrected chi connectivity index (χ4v) is 0. The number of rotatable bonds is 0. The second-order valence-corrected chi connectivity index (χ2v) is 1.09. The molecule has 1 nitrogen and oxygen atoms in total. The topological polar surface area (TPSA) is 20.2 Å². The number of hydrogen-bond donors (Lipinski definition) is 1. The second kappa shape index (κ2) is 4.45. The minimum atomic E-state index is -0.167. The SMILES string of the molecule is CC(C)O.[Ni]. The monoisotopic (exact) mass is 118 g/mol. The van der Waals surface area contributed by atoms with E-state index in [4.69, 9.17) is 5.11 Å². The third-order valence-corrected chi connectivity index (χ3v) is 0. The molecule has 0 saturated heterocycles. The van der Waals surface area contributed by atoms with Crippen LogP contribution < -0.4 is 0 Å². The first-order valence-corrected chi connectivity index (χ1v) is 1.41. The molecule has 36 valence electrons. The van der Waals surface area contributed by atoms with Crippen molar-refractivity contribution in [1.29, 1.82) is 0 Å². The zero-order valence-electron chi connectivity index (χ0n) is 3.34. The van der Waals surface area contributed by atoms with Crippen LogP contribution in [0.5, 0.6) is 0 Å². The summed E-state index contributed by atoms with van der Waals surface area (Å²) in [5.41, 5.74) is 0. The zero-order chi connectivity index (χ0) is 3.58.